The Morgan fingerprint density at radius 2 is 2.00 bits per heavy atom. The maximum Gasteiger partial charge on any atom is 0.339 e. The van der Waals surface area contributed by atoms with Gasteiger partial charge >= 0.3 is 5.97 Å². The van der Waals surface area contributed by atoms with Crippen molar-refractivity contribution in [3.05, 3.63) is 58.3 Å². The number of aromatic carboxylic acids is 1. The first kappa shape index (κ1) is 18.1. The van der Waals surface area contributed by atoms with Crippen molar-refractivity contribution < 1.29 is 34.4 Å². The molecule has 0 saturated heterocycles. The molecule has 7 heteroatoms. The molecule has 1 atom stereocenters. The van der Waals surface area contributed by atoms with Crippen molar-refractivity contribution >= 4 is 17.8 Å². The van der Waals surface area contributed by atoms with Gasteiger partial charge in [-0.25, -0.2) is 4.79 Å². The van der Waals surface area contributed by atoms with Gasteiger partial charge in [-0.05, 0) is 49.8 Å². The highest BCUT2D eigenvalue weighted by Crippen LogP contribution is 2.45. The molecule has 4 rings (SSSR count). The largest absolute Gasteiger partial charge is 0.507 e. The van der Waals surface area contributed by atoms with Crippen LogP contribution in [0.4, 0.5) is 0 Å². The normalized spacial score (nSPS) is 19.2. The first-order valence-electron chi connectivity index (χ1n) is 8.70. The summed E-state index contributed by atoms with van der Waals surface area (Å²) in [5.41, 5.74) is 0.209. The summed E-state index contributed by atoms with van der Waals surface area (Å²) in [4.78, 5) is 23.9. The third-order valence-corrected chi connectivity index (χ3v) is 4.89. The fourth-order valence-corrected chi connectivity index (χ4v) is 3.33. The van der Waals surface area contributed by atoms with Crippen LogP contribution in [0.5, 0.6) is 17.2 Å². The lowest BCUT2D eigenvalue weighted by Gasteiger charge is -2.24. The lowest BCUT2D eigenvalue weighted by molar-refractivity contribution is -0.0229. The summed E-state index contributed by atoms with van der Waals surface area (Å²) < 4.78 is 11.6. The van der Waals surface area contributed by atoms with Crippen molar-refractivity contribution in [2.24, 2.45) is 0 Å². The Morgan fingerprint density at radius 3 is 2.68 bits per heavy atom. The monoisotopic (exact) mass is 382 g/mol. The highest BCUT2D eigenvalue weighted by molar-refractivity contribution is 6.15. The van der Waals surface area contributed by atoms with Crippen LogP contribution in [0.1, 0.15) is 45.7 Å². The van der Waals surface area contributed by atoms with E-state index in [1.54, 1.807) is 26.0 Å². The Bertz CT molecular complexity index is 1040. The highest BCUT2D eigenvalue weighted by Gasteiger charge is 2.40. The zero-order valence-corrected chi connectivity index (χ0v) is 15.2. The number of aromatic hydroxyl groups is 1. The number of phenols is 1. The number of ether oxygens (including phenoxy) is 2. The van der Waals surface area contributed by atoms with Crippen LogP contribution in [0.25, 0.3) is 6.08 Å². The molecule has 0 aliphatic carbocycles. The van der Waals surface area contributed by atoms with Gasteiger partial charge in [0.25, 0.3) is 0 Å². The van der Waals surface area contributed by atoms with Gasteiger partial charge in [0.05, 0.1) is 11.2 Å². The first-order chi connectivity index (χ1) is 13.1. The van der Waals surface area contributed by atoms with Gasteiger partial charge in [0.2, 0.25) is 5.78 Å². The van der Waals surface area contributed by atoms with E-state index < -0.39 is 17.7 Å². The average Bonchev–Trinajstić information content (AvgIpc) is 3.18. The van der Waals surface area contributed by atoms with E-state index in [1.807, 2.05) is 0 Å². The van der Waals surface area contributed by atoms with E-state index in [-0.39, 0.29) is 22.9 Å². The Labute approximate surface area is 160 Å². The van der Waals surface area contributed by atoms with Gasteiger partial charge in [-0.15, -0.1) is 0 Å². The molecular weight excluding hydrogens is 364 g/mol. The van der Waals surface area contributed by atoms with E-state index in [4.69, 9.17) is 14.6 Å². The van der Waals surface area contributed by atoms with Crippen LogP contribution in [0.15, 0.2) is 36.1 Å². The fraction of sp³-hybridized carbons (Fsp3) is 0.238. The maximum atomic E-state index is 12.7. The Hall–Kier alpha value is -3.32. The van der Waals surface area contributed by atoms with Crippen LogP contribution in [-0.4, -0.2) is 38.8 Å². The quantitative estimate of drug-likeness (QED) is 0.700. The predicted molar refractivity (Wildman–Crippen MR) is 98.9 cm³/mol. The topological polar surface area (TPSA) is 113 Å². The van der Waals surface area contributed by atoms with Crippen molar-refractivity contribution in [2.45, 2.75) is 32.0 Å². The molecule has 7 nitrogen and oxygen atoms in total. The molecule has 2 aliphatic heterocycles. The molecule has 0 bridgehead atoms. The molecule has 0 fully saturated rings. The highest BCUT2D eigenvalue weighted by atomic mass is 16.5. The zero-order valence-electron chi connectivity index (χ0n) is 15.2. The molecule has 28 heavy (non-hydrogen) atoms. The Balaban J connectivity index is 1.69. The first-order valence-corrected chi connectivity index (χ1v) is 8.70. The summed E-state index contributed by atoms with van der Waals surface area (Å²) in [5.74, 6) is -0.932. The number of allylic oxidation sites excluding steroid dienone is 1. The SMILES string of the molecule is CC(C)(O)[C@H]1Cc2c(ccc3c2O/C(=C\c2ccc(O)c(C(=O)O)c2)C3=O)O1. The van der Waals surface area contributed by atoms with Crippen LogP contribution in [0.3, 0.4) is 0 Å². The number of rotatable bonds is 3. The summed E-state index contributed by atoms with van der Waals surface area (Å²) >= 11 is 0. The summed E-state index contributed by atoms with van der Waals surface area (Å²) in [7, 11) is 0. The number of benzene rings is 2. The van der Waals surface area contributed by atoms with Gasteiger partial charge in [-0.2, -0.15) is 0 Å². The molecule has 0 radical (unpaired) electrons. The molecule has 3 N–H and O–H groups in total. The van der Waals surface area contributed by atoms with E-state index in [0.29, 0.717) is 29.0 Å². The number of hydrogen-bond donors (Lipinski definition) is 3. The third kappa shape index (κ3) is 2.90. The van der Waals surface area contributed by atoms with Crippen molar-refractivity contribution in [1.29, 1.82) is 0 Å². The molecule has 0 spiro atoms. The molecule has 2 aromatic carbocycles. The predicted octanol–water partition coefficient (Wildman–Crippen LogP) is 2.78. The third-order valence-electron chi connectivity index (χ3n) is 4.89. The molecule has 2 aromatic rings. The standard InChI is InChI=1S/C21H18O7/c1-21(2,26)17-9-13-15(27-17)6-4-11-18(23)16(28-19(11)13)8-10-3-5-14(22)12(7-10)20(24)25/h3-8,17,22,26H,9H2,1-2H3,(H,24,25)/b16-8-/t17-/m1/s1. The van der Waals surface area contributed by atoms with Gasteiger partial charge in [0.1, 0.15) is 28.9 Å². The van der Waals surface area contributed by atoms with Crippen molar-refractivity contribution in [2.75, 3.05) is 0 Å². The number of hydrogen-bond acceptors (Lipinski definition) is 6. The van der Waals surface area contributed by atoms with E-state index in [2.05, 4.69) is 0 Å². The molecule has 0 amide bonds. The van der Waals surface area contributed by atoms with Crippen LogP contribution in [0, 0.1) is 0 Å². The van der Waals surface area contributed by atoms with Crippen LogP contribution in [0.2, 0.25) is 0 Å². The van der Waals surface area contributed by atoms with Crippen molar-refractivity contribution in [3.8, 4) is 17.2 Å². The van der Waals surface area contributed by atoms with Gasteiger partial charge in [-0.1, -0.05) is 6.07 Å². The van der Waals surface area contributed by atoms with E-state index in [9.17, 15) is 19.8 Å². The van der Waals surface area contributed by atoms with E-state index in [0.717, 1.165) is 5.56 Å². The molecule has 0 aromatic heterocycles. The number of carboxylic acid groups (broad SMARTS) is 1. The molecule has 0 saturated carbocycles. The summed E-state index contributed by atoms with van der Waals surface area (Å²) in [5, 5.41) is 29.0. The minimum Gasteiger partial charge on any atom is -0.507 e. The molecular formula is C21H18O7. The average molecular weight is 382 g/mol. The maximum absolute atomic E-state index is 12.7. The summed E-state index contributed by atoms with van der Waals surface area (Å²) in [6.07, 6.45) is 1.39. The Morgan fingerprint density at radius 1 is 1.25 bits per heavy atom. The number of Topliss-reactive ketones (excluding diaryl/α,β-unsaturated/α-hetero) is 1. The number of fused-ring (bicyclic) bond motifs is 3. The second-order valence-electron chi connectivity index (χ2n) is 7.40. The number of carboxylic acids is 1. The molecule has 0 unspecified atom stereocenters. The molecule has 144 valence electrons. The van der Waals surface area contributed by atoms with Gasteiger partial charge in [0.15, 0.2) is 5.76 Å². The van der Waals surface area contributed by atoms with Crippen LogP contribution >= 0.6 is 0 Å². The number of aliphatic hydroxyl groups is 1. The van der Waals surface area contributed by atoms with Crippen molar-refractivity contribution in [3.63, 3.8) is 0 Å². The Kier molecular flexibility index (Phi) is 3.94. The van der Waals surface area contributed by atoms with Gasteiger partial charge in [0, 0.05) is 12.0 Å². The number of ketones is 1. The van der Waals surface area contributed by atoms with Crippen LogP contribution in [-0.2, 0) is 6.42 Å². The molecule has 2 aliphatic rings. The van der Waals surface area contributed by atoms with Gasteiger partial charge < -0.3 is 24.8 Å². The summed E-state index contributed by atoms with van der Waals surface area (Å²) in [6, 6.07) is 7.31. The number of carbonyl (C=O) groups is 2. The lowest BCUT2D eigenvalue weighted by Crippen LogP contribution is -2.39. The smallest absolute Gasteiger partial charge is 0.339 e. The van der Waals surface area contributed by atoms with E-state index in [1.165, 1.54) is 24.3 Å². The second kappa shape index (κ2) is 6.10. The zero-order chi connectivity index (χ0) is 20.2. The summed E-state index contributed by atoms with van der Waals surface area (Å²) in [6.45, 7) is 3.32. The minimum absolute atomic E-state index is 0.0529. The van der Waals surface area contributed by atoms with Crippen LogP contribution < -0.4 is 9.47 Å². The molecule has 2 heterocycles. The van der Waals surface area contributed by atoms with E-state index >= 15 is 0 Å². The number of carbonyl (C=O) groups excluding carboxylic acids is 1. The van der Waals surface area contributed by atoms with Gasteiger partial charge in [-0.3, -0.25) is 4.79 Å². The van der Waals surface area contributed by atoms with Crippen molar-refractivity contribution in [1.82, 2.24) is 0 Å². The lowest BCUT2D eigenvalue weighted by atomic mass is 9.96. The minimum atomic E-state index is -1.27. The fourth-order valence-electron chi connectivity index (χ4n) is 3.33. The second-order valence-corrected chi connectivity index (χ2v) is 7.40.